The first-order valence-corrected chi connectivity index (χ1v) is 6.34. The van der Waals surface area contributed by atoms with Crippen LogP contribution in [0.15, 0.2) is 24.3 Å². The molecule has 1 saturated carbocycles. The van der Waals surface area contributed by atoms with E-state index in [4.69, 9.17) is 4.74 Å². The third-order valence-electron chi connectivity index (χ3n) is 3.21. The molecule has 1 aliphatic rings. The minimum Gasteiger partial charge on any atom is -0.387 e. The molecule has 0 saturated heterocycles. The Balaban J connectivity index is 2.16. The normalized spacial score (nSPS) is 14.3. The first kappa shape index (κ1) is 12.9. The minimum absolute atomic E-state index is 0.0968. The van der Waals surface area contributed by atoms with Gasteiger partial charge in [-0.3, -0.25) is 4.79 Å². The van der Waals surface area contributed by atoms with Crippen LogP contribution >= 0.6 is 0 Å². The van der Waals surface area contributed by atoms with Crippen molar-refractivity contribution < 1.29 is 9.53 Å². The Morgan fingerprint density at radius 1 is 1.44 bits per heavy atom. The molecular formula is C14H20N2O2. The summed E-state index contributed by atoms with van der Waals surface area (Å²) in [5.74, 6) is 0.0968. The number of hydrogen-bond acceptors (Lipinski definition) is 3. The van der Waals surface area contributed by atoms with Crippen LogP contribution in [0, 0.1) is 0 Å². The molecule has 4 nitrogen and oxygen atoms in total. The third kappa shape index (κ3) is 2.82. The molecule has 0 aromatic heterocycles. The van der Waals surface area contributed by atoms with E-state index in [0.29, 0.717) is 19.2 Å². The number of carbonyl (C=O) groups is 1. The molecule has 1 aliphatic carbocycles. The second kappa shape index (κ2) is 5.87. The van der Waals surface area contributed by atoms with Gasteiger partial charge in [0.25, 0.3) is 5.91 Å². The van der Waals surface area contributed by atoms with Crippen LogP contribution in [0.4, 0.5) is 5.69 Å². The van der Waals surface area contributed by atoms with Crippen LogP contribution in [0.3, 0.4) is 0 Å². The number of para-hydroxylation sites is 1. The Bertz CT molecular complexity index is 416. The average Bonchev–Trinajstić information content (AvgIpc) is 3.23. The van der Waals surface area contributed by atoms with Gasteiger partial charge in [-0.2, -0.15) is 0 Å². The molecule has 0 unspecified atom stereocenters. The standard InChI is InChI=1S/C14H20N2O2/c1-15-13-6-4-3-5-12(13)14(17)16(9-10-18-2)11-7-8-11/h3-6,11,15H,7-10H2,1-2H3. The number of benzene rings is 1. The van der Waals surface area contributed by atoms with Gasteiger partial charge in [0.05, 0.1) is 12.2 Å². The zero-order valence-electron chi connectivity index (χ0n) is 11.0. The number of methoxy groups -OCH3 is 1. The van der Waals surface area contributed by atoms with Gasteiger partial charge >= 0.3 is 0 Å². The fourth-order valence-corrected chi connectivity index (χ4v) is 2.07. The molecule has 1 amide bonds. The van der Waals surface area contributed by atoms with Gasteiger partial charge in [0, 0.05) is 32.4 Å². The van der Waals surface area contributed by atoms with Crippen LogP contribution in [-0.2, 0) is 4.74 Å². The van der Waals surface area contributed by atoms with E-state index < -0.39 is 0 Å². The quantitative estimate of drug-likeness (QED) is 0.837. The highest BCUT2D eigenvalue weighted by Gasteiger charge is 2.33. The third-order valence-corrected chi connectivity index (χ3v) is 3.21. The highest BCUT2D eigenvalue weighted by Crippen LogP contribution is 2.29. The number of amides is 1. The maximum Gasteiger partial charge on any atom is 0.256 e. The zero-order valence-corrected chi connectivity index (χ0v) is 11.0. The van der Waals surface area contributed by atoms with Crippen LogP contribution in [-0.4, -0.2) is 44.2 Å². The van der Waals surface area contributed by atoms with E-state index in [0.717, 1.165) is 24.1 Å². The van der Waals surface area contributed by atoms with Crippen LogP contribution in [0.5, 0.6) is 0 Å². The lowest BCUT2D eigenvalue weighted by Gasteiger charge is -2.23. The number of anilines is 1. The summed E-state index contributed by atoms with van der Waals surface area (Å²) in [6, 6.07) is 8.03. The summed E-state index contributed by atoms with van der Waals surface area (Å²) >= 11 is 0. The van der Waals surface area contributed by atoms with E-state index in [1.807, 2.05) is 36.2 Å². The van der Waals surface area contributed by atoms with Crippen molar-refractivity contribution in [2.75, 3.05) is 32.6 Å². The first-order chi connectivity index (χ1) is 8.77. The van der Waals surface area contributed by atoms with Crippen molar-refractivity contribution in [2.45, 2.75) is 18.9 Å². The topological polar surface area (TPSA) is 41.6 Å². The molecule has 0 radical (unpaired) electrons. The van der Waals surface area contributed by atoms with E-state index in [1.54, 1.807) is 7.11 Å². The molecule has 1 aromatic rings. The Labute approximate surface area is 108 Å². The van der Waals surface area contributed by atoms with E-state index >= 15 is 0 Å². The Hall–Kier alpha value is -1.55. The Morgan fingerprint density at radius 2 is 2.17 bits per heavy atom. The van der Waals surface area contributed by atoms with Crippen LogP contribution in [0.1, 0.15) is 23.2 Å². The molecule has 0 bridgehead atoms. The second-order valence-corrected chi connectivity index (χ2v) is 4.52. The number of nitrogens with one attached hydrogen (secondary N) is 1. The second-order valence-electron chi connectivity index (χ2n) is 4.52. The van der Waals surface area contributed by atoms with Crippen molar-refractivity contribution >= 4 is 11.6 Å². The first-order valence-electron chi connectivity index (χ1n) is 6.34. The van der Waals surface area contributed by atoms with E-state index in [1.165, 1.54) is 0 Å². The summed E-state index contributed by atoms with van der Waals surface area (Å²) in [6.45, 7) is 1.25. The average molecular weight is 248 g/mol. The van der Waals surface area contributed by atoms with Gasteiger partial charge in [0.15, 0.2) is 0 Å². The molecule has 0 spiro atoms. The number of ether oxygens (including phenoxy) is 1. The fraction of sp³-hybridized carbons (Fsp3) is 0.500. The fourth-order valence-electron chi connectivity index (χ4n) is 2.07. The molecule has 98 valence electrons. The van der Waals surface area contributed by atoms with E-state index in [9.17, 15) is 4.79 Å². The highest BCUT2D eigenvalue weighted by atomic mass is 16.5. The molecule has 1 aromatic carbocycles. The molecule has 18 heavy (non-hydrogen) atoms. The SMILES string of the molecule is CNc1ccccc1C(=O)N(CCOC)C1CC1. The molecule has 1 N–H and O–H groups in total. The molecule has 0 aliphatic heterocycles. The van der Waals surface area contributed by atoms with Crippen LogP contribution < -0.4 is 5.32 Å². The minimum atomic E-state index is 0.0968. The molecular weight excluding hydrogens is 228 g/mol. The molecule has 1 fully saturated rings. The van der Waals surface area contributed by atoms with E-state index in [-0.39, 0.29) is 5.91 Å². The summed E-state index contributed by atoms with van der Waals surface area (Å²) in [5, 5.41) is 3.07. The maximum absolute atomic E-state index is 12.5. The Morgan fingerprint density at radius 3 is 2.78 bits per heavy atom. The maximum atomic E-state index is 12.5. The summed E-state index contributed by atoms with van der Waals surface area (Å²) in [6.07, 6.45) is 2.22. The monoisotopic (exact) mass is 248 g/mol. The lowest BCUT2D eigenvalue weighted by Crippen LogP contribution is -2.36. The van der Waals surface area contributed by atoms with Crippen molar-refractivity contribution in [2.24, 2.45) is 0 Å². The van der Waals surface area contributed by atoms with Crippen molar-refractivity contribution in [3.63, 3.8) is 0 Å². The number of rotatable bonds is 6. The largest absolute Gasteiger partial charge is 0.387 e. The van der Waals surface area contributed by atoms with Crippen LogP contribution in [0.25, 0.3) is 0 Å². The van der Waals surface area contributed by atoms with Gasteiger partial charge in [-0.25, -0.2) is 0 Å². The molecule has 4 heteroatoms. The number of carbonyl (C=O) groups excluding carboxylic acids is 1. The predicted octanol–water partition coefficient (Wildman–Crippen LogP) is 1.98. The molecule has 0 heterocycles. The smallest absolute Gasteiger partial charge is 0.256 e. The van der Waals surface area contributed by atoms with Crippen molar-refractivity contribution in [3.8, 4) is 0 Å². The summed E-state index contributed by atoms with van der Waals surface area (Å²) < 4.78 is 5.08. The van der Waals surface area contributed by atoms with Gasteiger partial charge < -0.3 is 15.0 Å². The summed E-state index contributed by atoms with van der Waals surface area (Å²) in [4.78, 5) is 14.5. The van der Waals surface area contributed by atoms with Crippen molar-refractivity contribution in [1.82, 2.24) is 4.90 Å². The number of hydrogen-bond donors (Lipinski definition) is 1. The molecule has 2 rings (SSSR count). The summed E-state index contributed by atoms with van der Waals surface area (Å²) in [7, 11) is 3.50. The highest BCUT2D eigenvalue weighted by molar-refractivity contribution is 5.99. The predicted molar refractivity (Wildman–Crippen MR) is 71.9 cm³/mol. The van der Waals surface area contributed by atoms with Gasteiger partial charge in [-0.05, 0) is 25.0 Å². The van der Waals surface area contributed by atoms with Gasteiger partial charge in [-0.1, -0.05) is 12.1 Å². The van der Waals surface area contributed by atoms with Crippen LogP contribution in [0.2, 0.25) is 0 Å². The lowest BCUT2D eigenvalue weighted by atomic mass is 10.1. The van der Waals surface area contributed by atoms with E-state index in [2.05, 4.69) is 5.32 Å². The number of nitrogens with zero attached hydrogens (tertiary/aromatic N) is 1. The van der Waals surface area contributed by atoms with Gasteiger partial charge in [0.1, 0.15) is 0 Å². The van der Waals surface area contributed by atoms with Crippen molar-refractivity contribution in [3.05, 3.63) is 29.8 Å². The molecule has 0 atom stereocenters. The Kier molecular flexibility index (Phi) is 4.20. The van der Waals surface area contributed by atoms with Gasteiger partial charge in [0.2, 0.25) is 0 Å². The lowest BCUT2D eigenvalue weighted by molar-refractivity contribution is 0.0681. The van der Waals surface area contributed by atoms with Crippen molar-refractivity contribution in [1.29, 1.82) is 0 Å². The zero-order chi connectivity index (χ0) is 13.0. The summed E-state index contributed by atoms with van der Waals surface area (Å²) in [5.41, 5.74) is 1.62. The van der Waals surface area contributed by atoms with Gasteiger partial charge in [-0.15, -0.1) is 0 Å².